The molecule has 0 bridgehead atoms. The van der Waals surface area contributed by atoms with E-state index in [2.05, 4.69) is 5.32 Å². The summed E-state index contributed by atoms with van der Waals surface area (Å²) in [6.45, 7) is 1.23. The number of amides is 1. The molecule has 0 saturated carbocycles. The second-order valence-corrected chi connectivity index (χ2v) is 3.85. The molecule has 96 valence electrons. The lowest BCUT2D eigenvalue weighted by atomic mass is 10.2. The number of nitrogens with one attached hydrogen (secondary N) is 1. The van der Waals surface area contributed by atoms with Gasteiger partial charge in [-0.15, -0.1) is 0 Å². The van der Waals surface area contributed by atoms with Gasteiger partial charge in [0.2, 0.25) is 5.91 Å². The van der Waals surface area contributed by atoms with Crippen molar-refractivity contribution >= 4 is 29.6 Å². The summed E-state index contributed by atoms with van der Waals surface area (Å²) in [6.07, 6.45) is 1.31. The lowest BCUT2D eigenvalue weighted by molar-refractivity contribution is -0.134. The van der Waals surface area contributed by atoms with Crippen LogP contribution in [0.2, 0.25) is 5.02 Å². The number of carboxylic acid groups (broad SMARTS) is 1. The smallest absolute Gasteiger partial charge is 0.352 e. The molecular weight excluding hydrogens is 258 g/mol. The van der Waals surface area contributed by atoms with E-state index in [1.807, 2.05) is 0 Å². The number of rotatable bonds is 4. The molecule has 0 unspecified atom stereocenters. The number of ether oxygens (including phenoxy) is 1. The van der Waals surface area contributed by atoms with E-state index in [0.717, 1.165) is 0 Å². The highest BCUT2D eigenvalue weighted by Crippen LogP contribution is 2.25. The monoisotopic (exact) mass is 269 g/mol. The number of aliphatic carboxylic acids is 1. The summed E-state index contributed by atoms with van der Waals surface area (Å²) >= 11 is 5.91. The molecule has 0 aliphatic rings. The first-order valence-electron chi connectivity index (χ1n) is 5.00. The Morgan fingerprint density at radius 3 is 2.56 bits per heavy atom. The van der Waals surface area contributed by atoms with Gasteiger partial charge in [0.15, 0.2) is 0 Å². The van der Waals surface area contributed by atoms with Crippen LogP contribution in [0, 0.1) is 0 Å². The van der Waals surface area contributed by atoms with Crippen LogP contribution in [0.4, 0.5) is 0 Å². The number of carbonyl (C=O) groups excluding carboxylic acids is 1. The number of hydrogen-bond donors (Lipinski definition) is 2. The summed E-state index contributed by atoms with van der Waals surface area (Å²) < 4.78 is 4.98. The third-order valence-corrected chi connectivity index (χ3v) is 2.32. The highest BCUT2D eigenvalue weighted by atomic mass is 35.5. The summed E-state index contributed by atoms with van der Waals surface area (Å²) in [6, 6.07) is 4.79. The Bertz CT molecular complexity index is 511. The second-order valence-electron chi connectivity index (χ2n) is 3.44. The van der Waals surface area contributed by atoms with E-state index >= 15 is 0 Å². The quantitative estimate of drug-likeness (QED) is 0.819. The van der Waals surface area contributed by atoms with Crippen molar-refractivity contribution in [3.63, 3.8) is 0 Å². The average Bonchev–Trinajstić information content (AvgIpc) is 2.27. The highest BCUT2D eigenvalue weighted by molar-refractivity contribution is 6.32. The van der Waals surface area contributed by atoms with Crippen molar-refractivity contribution in [2.45, 2.75) is 6.92 Å². The van der Waals surface area contributed by atoms with Gasteiger partial charge in [0, 0.05) is 6.92 Å². The summed E-state index contributed by atoms with van der Waals surface area (Å²) in [4.78, 5) is 21.8. The molecule has 18 heavy (non-hydrogen) atoms. The predicted molar refractivity (Wildman–Crippen MR) is 67.4 cm³/mol. The highest BCUT2D eigenvalue weighted by Gasteiger charge is 2.09. The predicted octanol–water partition coefficient (Wildman–Crippen LogP) is 1.91. The Hall–Kier alpha value is -2.01. The maximum absolute atomic E-state index is 10.9. The minimum Gasteiger partial charge on any atom is -0.495 e. The van der Waals surface area contributed by atoms with Crippen LogP contribution in [0.25, 0.3) is 6.08 Å². The Labute approximate surface area is 109 Å². The topological polar surface area (TPSA) is 75.6 Å². The fourth-order valence-corrected chi connectivity index (χ4v) is 1.55. The molecule has 0 spiro atoms. The molecule has 0 aliphatic carbocycles. The van der Waals surface area contributed by atoms with E-state index in [9.17, 15) is 9.59 Å². The number of carbonyl (C=O) groups is 2. The molecule has 1 amide bonds. The number of benzene rings is 1. The first-order valence-corrected chi connectivity index (χ1v) is 5.38. The van der Waals surface area contributed by atoms with Crippen LogP contribution in [0.3, 0.4) is 0 Å². The van der Waals surface area contributed by atoms with Crippen LogP contribution in [0.15, 0.2) is 23.9 Å². The first-order chi connectivity index (χ1) is 8.43. The van der Waals surface area contributed by atoms with Crippen molar-refractivity contribution in [2.75, 3.05) is 7.11 Å². The number of hydrogen-bond acceptors (Lipinski definition) is 3. The fourth-order valence-electron chi connectivity index (χ4n) is 1.28. The normalized spacial score (nSPS) is 10.9. The van der Waals surface area contributed by atoms with Crippen molar-refractivity contribution in [1.29, 1.82) is 0 Å². The van der Waals surface area contributed by atoms with Gasteiger partial charge in [0.1, 0.15) is 11.4 Å². The summed E-state index contributed by atoms with van der Waals surface area (Å²) in [5.74, 6) is -1.19. The fraction of sp³-hybridized carbons (Fsp3) is 0.167. The Kier molecular flexibility index (Phi) is 4.74. The SMILES string of the molecule is COc1ccc(C=C(NC(C)=O)C(=O)O)cc1Cl. The molecule has 0 fully saturated rings. The maximum atomic E-state index is 10.9. The van der Waals surface area contributed by atoms with E-state index in [1.54, 1.807) is 18.2 Å². The molecule has 1 aromatic carbocycles. The molecule has 0 radical (unpaired) electrons. The van der Waals surface area contributed by atoms with Crippen molar-refractivity contribution in [1.82, 2.24) is 5.32 Å². The molecule has 2 N–H and O–H groups in total. The zero-order valence-corrected chi connectivity index (χ0v) is 10.6. The molecule has 6 heteroatoms. The number of carboxylic acids is 1. The average molecular weight is 270 g/mol. The van der Waals surface area contributed by atoms with Crippen LogP contribution in [0.1, 0.15) is 12.5 Å². The lowest BCUT2D eigenvalue weighted by Crippen LogP contribution is -2.24. The van der Waals surface area contributed by atoms with E-state index in [1.165, 1.54) is 20.1 Å². The third-order valence-electron chi connectivity index (χ3n) is 2.03. The zero-order chi connectivity index (χ0) is 13.7. The molecule has 5 nitrogen and oxygen atoms in total. The van der Waals surface area contributed by atoms with Crippen molar-refractivity contribution in [3.8, 4) is 5.75 Å². The van der Waals surface area contributed by atoms with Gasteiger partial charge in [-0.25, -0.2) is 4.79 Å². The molecule has 0 atom stereocenters. The van der Waals surface area contributed by atoms with E-state index in [4.69, 9.17) is 21.4 Å². The van der Waals surface area contributed by atoms with Gasteiger partial charge in [-0.3, -0.25) is 4.79 Å². The van der Waals surface area contributed by atoms with E-state index in [-0.39, 0.29) is 5.70 Å². The minimum atomic E-state index is -1.22. The Morgan fingerprint density at radius 1 is 1.44 bits per heavy atom. The van der Waals surface area contributed by atoms with Gasteiger partial charge in [-0.1, -0.05) is 17.7 Å². The molecule has 0 saturated heterocycles. The van der Waals surface area contributed by atoms with Gasteiger partial charge in [0.25, 0.3) is 0 Å². The Morgan fingerprint density at radius 2 is 2.11 bits per heavy atom. The van der Waals surface area contributed by atoms with Crippen LogP contribution in [-0.4, -0.2) is 24.1 Å². The minimum absolute atomic E-state index is 0.219. The van der Waals surface area contributed by atoms with Crippen LogP contribution >= 0.6 is 11.6 Å². The van der Waals surface area contributed by atoms with Gasteiger partial charge < -0.3 is 15.2 Å². The van der Waals surface area contributed by atoms with E-state index < -0.39 is 11.9 Å². The van der Waals surface area contributed by atoms with Crippen LogP contribution < -0.4 is 10.1 Å². The third kappa shape index (κ3) is 3.78. The van der Waals surface area contributed by atoms with Gasteiger partial charge >= 0.3 is 5.97 Å². The van der Waals surface area contributed by atoms with Crippen molar-refractivity contribution < 1.29 is 19.4 Å². The Balaban J connectivity index is 3.08. The van der Waals surface area contributed by atoms with Crippen molar-refractivity contribution in [3.05, 3.63) is 34.5 Å². The first kappa shape index (κ1) is 14.1. The molecular formula is C12H12ClNO4. The molecule has 0 aromatic heterocycles. The van der Waals surface area contributed by atoms with Crippen LogP contribution in [-0.2, 0) is 9.59 Å². The zero-order valence-electron chi connectivity index (χ0n) is 9.86. The number of methoxy groups -OCH3 is 1. The van der Waals surface area contributed by atoms with Crippen molar-refractivity contribution in [2.24, 2.45) is 0 Å². The van der Waals surface area contributed by atoms with Gasteiger partial charge in [-0.2, -0.15) is 0 Å². The summed E-state index contributed by atoms with van der Waals surface area (Å²) in [7, 11) is 1.48. The van der Waals surface area contributed by atoms with Crippen LogP contribution in [0.5, 0.6) is 5.75 Å². The van der Waals surface area contributed by atoms with E-state index in [0.29, 0.717) is 16.3 Å². The maximum Gasteiger partial charge on any atom is 0.352 e. The number of halogens is 1. The summed E-state index contributed by atoms with van der Waals surface area (Å²) in [5, 5.41) is 11.5. The van der Waals surface area contributed by atoms with Gasteiger partial charge in [-0.05, 0) is 23.8 Å². The molecule has 1 aromatic rings. The second kappa shape index (κ2) is 6.07. The largest absolute Gasteiger partial charge is 0.495 e. The lowest BCUT2D eigenvalue weighted by Gasteiger charge is -2.05. The van der Waals surface area contributed by atoms with Gasteiger partial charge in [0.05, 0.1) is 12.1 Å². The molecule has 0 aliphatic heterocycles. The summed E-state index contributed by atoms with van der Waals surface area (Å²) in [5.41, 5.74) is 0.329. The molecule has 0 heterocycles. The standard InChI is InChI=1S/C12H12ClNO4/c1-7(15)14-10(12(16)17)6-8-3-4-11(18-2)9(13)5-8/h3-6H,1-2H3,(H,14,15)(H,16,17). The molecule has 1 rings (SSSR count).